The molecule has 2 saturated heterocycles. The van der Waals surface area contributed by atoms with E-state index < -0.39 is 35.8 Å². The SMILES string of the molecule is CC(OC(=O)C1CCCN1)C(OC(=O)C1CCCN1)C1CNc2nc(N)[nH]c(=O)c2N1. The summed E-state index contributed by atoms with van der Waals surface area (Å²) in [5, 5.41) is 12.3. The van der Waals surface area contributed by atoms with Gasteiger partial charge < -0.3 is 36.5 Å². The number of nitrogens with two attached hydrogens (primary N) is 1. The minimum absolute atomic E-state index is 0.00172. The molecular formula is C19H29N7O5. The van der Waals surface area contributed by atoms with Crippen LogP contribution >= 0.6 is 0 Å². The molecule has 170 valence electrons. The first kappa shape index (κ1) is 21.4. The molecular weight excluding hydrogens is 406 g/mol. The van der Waals surface area contributed by atoms with Crippen LogP contribution in [0.1, 0.15) is 32.6 Å². The molecule has 31 heavy (non-hydrogen) atoms. The number of nitrogen functional groups attached to an aromatic ring is 1. The van der Waals surface area contributed by atoms with Crippen molar-refractivity contribution in [2.45, 2.75) is 62.9 Å². The van der Waals surface area contributed by atoms with Crippen LogP contribution in [0.4, 0.5) is 17.5 Å². The maximum Gasteiger partial charge on any atom is 0.323 e. The van der Waals surface area contributed by atoms with E-state index in [-0.39, 0.29) is 23.6 Å². The molecule has 1 aromatic rings. The minimum atomic E-state index is -0.821. The number of carbonyl (C=O) groups excluding carboxylic acids is 2. The van der Waals surface area contributed by atoms with Crippen molar-refractivity contribution in [2.75, 3.05) is 36.0 Å². The highest BCUT2D eigenvalue weighted by atomic mass is 16.6. The number of hydrogen-bond donors (Lipinski definition) is 6. The van der Waals surface area contributed by atoms with Crippen LogP contribution < -0.4 is 32.6 Å². The summed E-state index contributed by atoms with van der Waals surface area (Å²) in [7, 11) is 0. The average Bonchev–Trinajstić information content (AvgIpc) is 3.45. The molecule has 0 bridgehead atoms. The molecule has 12 nitrogen and oxygen atoms in total. The molecule has 7 N–H and O–H groups in total. The molecule has 0 amide bonds. The zero-order valence-corrected chi connectivity index (χ0v) is 17.4. The fourth-order valence-electron chi connectivity index (χ4n) is 4.22. The summed E-state index contributed by atoms with van der Waals surface area (Å²) in [4.78, 5) is 44.1. The summed E-state index contributed by atoms with van der Waals surface area (Å²) < 4.78 is 11.5. The third-order valence-electron chi connectivity index (χ3n) is 5.86. The van der Waals surface area contributed by atoms with Crippen LogP contribution in [0.5, 0.6) is 0 Å². The Hall–Kier alpha value is -2.86. The van der Waals surface area contributed by atoms with Gasteiger partial charge in [0.05, 0.1) is 6.04 Å². The fraction of sp³-hybridized carbons (Fsp3) is 0.684. The van der Waals surface area contributed by atoms with Gasteiger partial charge in [0.25, 0.3) is 5.56 Å². The smallest absolute Gasteiger partial charge is 0.323 e. The summed E-state index contributed by atoms with van der Waals surface area (Å²) in [6.45, 7) is 3.50. The van der Waals surface area contributed by atoms with Gasteiger partial charge in [-0.1, -0.05) is 0 Å². The van der Waals surface area contributed by atoms with Gasteiger partial charge in [-0.05, 0) is 45.7 Å². The Labute approximate surface area is 179 Å². The molecule has 1 aromatic heterocycles. The summed E-state index contributed by atoms with van der Waals surface area (Å²) in [5.41, 5.74) is 5.35. The zero-order valence-electron chi connectivity index (χ0n) is 17.4. The summed E-state index contributed by atoms with van der Waals surface area (Å²) in [6.07, 6.45) is 1.64. The van der Waals surface area contributed by atoms with Gasteiger partial charge in [0, 0.05) is 6.54 Å². The van der Waals surface area contributed by atoms with Gasteiger partial charge in [-0.2, -0.15) is 4.98 Å². The highest BCUT2D eigenvalue weighted by Gasteiger charge is 2.39. The first-order chi connectivity index (χ1) is 14.9. The van der Waals surface area contributed by atoms with E-state index in [1.165, 1.54) is 0 Å². The highest BCUT2D eigenvalue weighted by Crippen LogP contribution is 2.25. The van der Waals surface area contributed by atoms with Crippen molar-refractivity contribution < 1.29 is 19.1 Å². The van der Waals surface area contributed by atoms with Crippen molar-refractivity contribution >= 4 is 29.4 Å². The van der Waals surface area contributed by atoms with E-state index in [4.69, 9.17) is 15.2 Å². The molecule has 0 radical (unpaired) electrons. The van der Waals surface area contributed by atoms with E-state index in [1.54, 1.807) is 6.92 Å². The second-order valence-electron chi connectivity index (χ2n) is 8.15. The number of esters is 2. The number of nitrogens with one attached hydrogen (secondary N) is 5. The second kappa shape index (κ2) is 9.10. The molecule has 2 fully saturated rings. The maximum absolute atomic E-state index is 12.7. The second-order valence-corrected chi connectivity index (χ2v) is 8.15. The summed E-state index contributed by atoms with van der Waals surface area (Å²) >= 11 is 0. The van der Waals surface area contributed by atoms with Gasteiger partial charge in [0.2, 0.25) is 5.95 Å². The van der Waals surface area contributed by atoms with Crippen molar-refractivity contribution in [2.24, 2.45) is 0 Å². The van der Waals surface area contributed by atoms with E-state index in [9.17, 15) is 14.4 Å². The number of rotatable bonds is 6. The van der Waals surface area contributed by atoms with Gasteiger partial charge in [0.1, 0.15) is 23.9 Å². The molecule has 0 aliphatic carbocycles. The third kappa shape index (κ3) is 4.74. The van der Waals surface area contributed by atoms with Crippen molar-refractivity contribution in [3.8, 4) is 0 Å². The predicted molar refractivity (Wildman–Crippen MR) is 113 cm³/mol. The number of H-pyrrole nitrogens is 1. The van der Waals surface area contributed by atoms with Crippen molar-refractivity contribution in [3.63, 3.8) is 0 Å². The van der Waals surface area contributed by atoms with Gasteiger partial charge >= 0.3 is 11.9 Å². The molecule has 5 atom stereocenters. The molecule has 3 aliphatic rings. The summed E-state index contributed by atoms with van der Waals surface area (Å²) in [5.74, 6) is -0.458. The molecule has 0 spiro atoms. The molecule has 0 saturated carbocycles. The number of aromatic amines is 1. The monoisotopic (exact) mass is 435 g/mol. The van der Waals surface area contributed by atoms with Crippen molar-refractivity contribution in [1.82, 2.24) is 20.6 Å². The van der Waals surface area contributed by atoms with Gasteiger partial charge in [-0.3, -0.25) is 19.4 Å². The molecule has 0 aromatic carbocycles. The Morgan fingerprint density at radius 3 is 2.35 bits per heavy atom. The molecule has 12 heteroatoms. The number of anilines is 3. The highest BCUT2D eigenvalue weighted by molar-refractivity contribution is 5.77. The standard InChI is InChI=1S/C19H29N7O5/c1-9(30-17(28)10-4-2-6-21-10)14(31-18(29)11-5-3-7-22-11)12-8-23-15-13(24-12)16(27)26-19(20)25-15/h9-12,14,21-22,24H,2-8H2,1H3,(H4,20,23,25,26,27). The molecule has 5 unspecified atom stereocenters. The normalized spacial score (nSPS) is 26.8. The number of carbonyl (C=O) groups is 2. The van der Waals surface area contributed by atoms with E-state index in [1.807, 2.05) is 0 Å². The lowest BCUT2D eigenvalue weighted by Gasteiger charge is -2.36. The van der Waals surface area contributed by atoms with E-state index in [0.717, 1.165) is 25.9 Å². The topological polar surface area (TPSA) is 172 Å². The molecule has 3 aliphatic heterocycles. The predicted octanol–water partition coefficient (Wildman–Crippen LogP) is -1.09. The van der Waals surface area contributed by atoms with Crippen LogP contribution in [0.3, 0.4) is 0 Å². The average molecular weight is 435 g/mol. The lowest BCUT2D eigenvalue weighted by atomic mass is 10.0. The van der Waals surface area contributed by atoms with Crippen LogP contribution in [0.2, 0.25) is 0 Å². The van der Waals surface area contributed by atoms with Crippen LogP contribution in [0.15, 0.2) is 4.79 Å². The summed E-state index contributed by atoms with van der Waals surface area (Å²) in [6, 6.07) is -1.28. The van der Waals surface area contributed by atoms with Crippen LogP contribution in [-0.4, -0.2) is 71.9 Å². The number of nitrogens with zero attached hydrogens (tertiary/aromatic N) is 1. The van der Waals surface area contributed by atoms with Crippen LogP contribution in [-0.2, 0) is 19.1 Å². The van der Waals surface area contributed by atoms with E-state index >= 15 is 0 Å². The van der Waals surface area contributed by atoms with Crippen LogP contribution in [0.25, 0.3) is 0 Å². The van der Waals surface area contributed by atoms with E-state index in [2.05, 4.69) is 31.2 Å². The van der Waals surface area contributed by atoms with Crippen molar-refractivity contribution in [3.05, 3.63) is 10.4 Å². The third-order valence-corrected chi connectivity index (χ3v) is 5.86. The van der Waals surface area contributed by atoms with E-state index in [0.29, 0.717) is 25.2 Å². The fourth-order valence-corrected chi connectivity index (χ4v) is 4.22. The first-order valence-corrected chi connectivity index (χ1v) is 10.7. The Morgan fingerprint density at radius 1 is 1.10 bits per heavy atom. The first-order valence-electron chi connectivity index (χ1n) is 10.7. The van der Waals surface area contributed by atoms with Crippen LogP contribution in [0, 0.1) is 0 Å². The molecule has 4 rings (SSSR count). The van der Waals surface area contributed by atoms with Gasteiger partial charge in [0.15, 0.2) is 11.9 Å². The quantitative estimate of drug-likeness (QED) is 0.300. The molecule has 4 heterocycles. The maximum atomic E-state index is 12.7. The number of fused-ring (bicyclic) bond motifs is 1. The Balaban J connectivity index is 1.51. The lowest BCUT2D eigenvalue weighted by Crippen LogP contribution is -2.53. The number of aromatic nitrogens is 2. The largest absolute Gasteiger partial charge is 0.457 e. The van der Waals surface area contributed by atoms with Gasteiger partial charge in [-0.25, -0.2) is 0 Å². The Morgan fingerprint density at radius 2 is 1.74 bits per heavy atom. The lowest BCUT2D eigenvalue weighted by molar-refractivity contribution is -0.170. The zero-order chi connectivity index (χ0) is 22.0. The number of ether oxygens (including phenoxy) is 2. The minimum Gasteiger partial charge on any atom is -0.457 e. The Kier molecular flexibility index (Phi) is 6.28. The number of hydrogen-bond acceptors (Lipinski definition) is 11. The van der Waals surface area contributed by atoms with Crippen molar-refractivity contribution in [1.29, 1.82) is 0 Å². The van der Waals surface area contributed by atoms with Gasteiger partial charge in [-0.15, -0.1) is 0 Å². The Bertz CT molecular complexity index is 879.